The maximum Gasteiger partial charge on any atom is 0.141 e. The highest BCUT2D eigenvalue weighted by Gasteiger charge is 2.33. The van der Waals surface area contributed by atoms with E-state index in [1.165, 1.54) is 12.1 Å². The second-order valence-corrected chi connectivity index (χ2v) is 4.06. The van der Waals surface area contributed by atoms with E-state index in [2.05, 4.69) is 0 Å². The topological polar surface area (TPSA) is 46.2 Å². The van der Waals surface area contributed by atoms with E-state index in [1.54, 1.807) is 0 Å². The molecule has 3 N–H and O–H groups in total. The van der Waals surface area contributed by atoms with Gasteiger partial charge in [-0.1, -0.05) is 11.6 Å². The maximum atomic E-state index is 13.4. The second-order valence-electron chi connectivity index (χ2n) is 3.65. The largest absolute Gasteiger partial charge is 0.506 e. The van der Waals surface area contributed by atoms with E-state index in [4.69, 9.17) is 17.3 Å². The lowest BCUT2D eigenvalue weighted by Crippen LogP contribution is -2.14. The van der Waals surface area contributed by atoms with Crippen molar-refractivity contribution in [3.05, 3.63) is 28.5 Å². The van der Waals surface area contributed by atoms with Crippen LogP contribution in [0.1, 0.15) is 24.4 Å². The first-order valence-corrected chi connectivity index (χ1v) is 4.91. The van der Waals surface area contributed by atoms with Crippen LogP contribution in [0.3, 0.4) is 0 Å². The summed E-state index contributed by atoms with van der Waals surface area (Å²) in [6.45, 7) is 0. The first kappa shape index (κ1) is 12.6. The highest BCUT2D eigenvalue weighted by molar-refractivity contribution is 6.32. The van der Waals surface area contributed by atoms with Gasteiger partial charge in [-0.25, -0.2) is 4.39 Å². The molecule has 2 nitrogen and oxygen atoms in total. The molecule has 1 saturated carbocycles. The smallest absolute Gasteiger partial charge is 0.141 e. The molecule has 5 heteroatoms. The van der Waals surface area contributed by atoms with Crippen LogP contribution in [0, 0.1) is 11.7 Å². The zero-order valence-corrected chi connectivity index (χ0v) is 9.48. The van der Waals surface area contributed by atoms with Crippen LogP contribution >= 0.6 is 24.0 Å². The van der Waals surface area contributed by atoms with Crippen LogP contribution < -0.4 is 5.73 Å². The highest BCUT2D eigenvalue weighted by atomic mass is 35.5. The Morgan fingerprint density at radius 3 is 2.60 bits per heavy atom. The average molecular weight is 252 g/mol. The van der Waals surface area contributed by atoms with Crippen molar-refractivity contribution in [2.45, 2.75) is 18.9 Å². The lowest BCUT2D eigenvalue weighted by molar-refractivity contribution is 0.442. The number of halogens is 3. The predicted molar refractivity (Wildman–Crippen MR) is 60.0 cm³/mol. The minimum absolute atomic E-state index is 0. The molecule has 1 aliphatic carbocycles. The Balaban J connectivity index is 0.00000112. The van der Waals surface area contributed by atoms with Gasteiger partial charge in [0.15, 0.2) is 0 Å². The van der Waals surface area contributed by atoms with Crippen molar-refractivity contribution in [2.75, 3.05) is 0 Å². The SMILES string of the molecule is Cl.N[C@H](c1c(F)ccc(Cl)c1O)C1CC1. The van der Waals surface area contributed by atoms with Crippen molar-refractivity contribution in [1.82, 2.24) is 0 Å². The van der Waals surface area contributed by atoms with E-state index >= 15 is 0 Å². The zero-order valence-electron chi connectivity index (χ0n) is 7.91. The van der Waals surface area contributed by atoms with Crippen LogP contribution in [0.4, 0.5) is 4.39 Å². The molecule has 0 amide bonds. The lowest BCUT2D eigenvalue weighted by Gasteiger charge is -2.14. The molecule has 1 aromatic rings. The Bertz CT molecular complexity index is 369. The van der Waals surface area contributed by atoms with Crippen molar-refractivity contribution in [1.29, 1.82) is 0 Å². The summed E-state index contributed by atoms with van der Waals surface area (Å²) in [4.78, 5) is 0. The Morgan fingerprint density at radius 2 is 2.07 bits per heavy atom. The quantitative estimate of drug-likeness (QED) is 0.849. The number of benzene rings is 1. The Kier molecular flexibility index (Phi) is 3.82. The lowest BCUT2D eigenvalue weighted by atomic mass is 10.0. The van der Waals surface area contributed by atoms with Crippen molar-refractivity contribution in [3.8, 4) is 5.75 Å². The van der Waals surface area contributed by atoms with Crippen LogP contribution in [0.2, 0.25) is 5.02 Å². The second kappa shape index (κ2) is 4.56. The standard InChI is InChI=1S/C10H11ClFNO.ClH/c11-6-3-4-7(12)8(10(6)14)9(13)5-1-2-5;/h3-5,9,14H,1-2,13H2;1H/t9-;/m0./s1. The third-order valence-electron chi connectivity index (χ3n) is 2.58. The van der Waals surface area contributed by atoms with Crippen LogP contribution in [0.25, 0.3) is 0 Å². The fourth-order valence-electron chi connectivity index (χ4n) is 1.56. The minimum atomic E-state index is -0.480. The van der Waals surface area contributed by atoms with Crippen molar-refractivity contribution in [3.63, 3.8) is 0 Å². The Labute approximate surface area is 98.6 Å². The van der Waals surface area contributed by atoms with Crippen LogP contribution in [0.15, 0.2) is 12.1 Å². The predicted octanol–water partition coefficient (Wildman–Crippen LogP) is 3.02. The van der Waals surface area contributed by atoms with Gasteiger partial charge in [0.2, 0.25) is 0 Å². The molecule has 84 valence electrons. The normalized spacial score (nSPS) is 17.0. The van der Waals surface area contributed by atoms with Gasteiger partial charge in [0.1, 0.15) is 11.6 Å². The molecule has 0 bridgehead atoms. The molecular weight excluding hydrogens is 240 g/mol. The molecule has 2 rings (SSSR count). The molecule has 0 saturated heterocycles. The summed E-state index contributed by atoms with van der Waals surface area (Å²) in [6, 6.07) is 2.13. The summed E-state index contributed by atoms with van der Waals surface area (Å²) in [6.07, 6.45) is 1.99. The summed E-state index contributed by atoms with van der Waals surface area (Å²) in [5, 5.41) is 9.72. The van der Waals surface area contributed by atoms with E-state index in [1.807, 2.05) is 0 Å². The first-order valence-electron chi connectivity index (χ1n) is 4.53. The molecule has 1 aromatic carbocycles. The van der Waals surface area contributed by atoms with Crippen molar-refractivity contribution < 1.29 is 9.50 Å². The van der Waals surface area contributed by atoms with Gasteiger partial charge in [-0.05, 0) is 30.9 Å². The Morgan fingerprint density at radius 1 is 1.47 bits per heavy atom. The third kappa shape index (κ3) is 2.36. The highest BCUT2D eigenvalue weighted by Crippen LogP contribution is 2.44. The zero-order chi connectivity index (χ0) is 10.3. The van der Waals surface area contributed by atoms with Crippen LogP contribution in [-0.4, -0.2) is 5.11 Å². The van der Waals surface area contributed by atoms with Crippen LogP contribution in [0.5, 0.6) is 5.75 Å². The van der Waals surface area contributed by atoms with Crippen LogP contribution in [-0.2, 0) is 0 Å². The van der Waals surface area contributed by atoms with Gasteiger partial charge in [0.05, 0.1) is 5.02 Å². The fourth-order valence-corrected chi connectivity index (χ4v) is 1.73. The number of hydrogen-bond acceptors (Lipinski definition) is 2. The van der Waals surface area contributed by atoms with E-state index in [0.29, 0.717) is 0 Å². The summed E-state index contributed by atoms with van der Waals surface area (Å²) in [5.74, 6) is -0.411. The minimum Gasteiger partial charge on any atom is -0.506 e. The monoisotopic (exact) mass is 251 g/mol. The summed E-state index contributed by atoms with van der Waals surface area (Å²) >= 11 is 5.68. The van der Waals surface area contributed by atoms with Gasteiger partial charge in [0, 0.05) is 11.6 Å². The third-order valence-corrected chi connectivity index (χ3v) is 2.88. The number of phenols is 1. The molecular formula is C10H12Cl2FNO. The molecule has 1 atom stereocenters. The molecule has 0 heterocycles. The molecule has 1 aliphatic rings. The molecule has 0 spiro atoms. The molecule has 0 aromatic heterocycles. The molecule has 15 heavy (non-hydrogen) atoms. The number of aromatic hydroxyl groups is 1. The first-order chi connectivity index (χ1) is 6.61. The van der Waals surface area contributed by atoms with Gasteiger partial charge in [-0.2, -0.15) is 0 Å². The fraction of sp³-hybridized carbons (Fsp3) is 0.400. The maximum absolute atomic E-state index is 13.4. The number of nitrogens with two attached hydrogens (primary N) is 1. The van der Waals surface area contributed by atoms with Gasteiger partial charge in [0.25, 0.3) is 0 Å². The molecule has 0 aliphatic heterocycles. The summed E-state index contributed by atoms with van der Waals surface area (Å²) < 4.78 is 13.4. The average Bonchev–Trinajstić information content (AvgIpc) is 2.95. The van der Waals surface area contributed by atoms with E-state index < -0.39 is 11.9 Å². The van der Waals surface area contributed by atoms with E-state index in [9.17, 15) is 9.50 Å². The molecule has 1 fully saturated rings. The van der Waals surface area contributed by atoms with Gasteiger partial charge >= 0.3 is 0 Å². The van der Waals surface area contributed by atoms with Gasteiger partial charge in [-0.15, -0.1) is 12.4 Å². The van der Waals surface area contributed by atoms with E-state index in [0.717, 1.165) is 12.8 Å². The van der Waals surface area contributed by atoms with Crippen molar-refractivity contribution >= 4 is 24.0 Å². The molecule has 0 radical (unpaired) electrons. The summed E-state index contributed by atoms with van der Waals surface area (Å²) in [7, 11) is 0. The Hall–Kier alpha value is -0.510. The summed E-state index contributed by atoms with van der Waals surface area (Å²) in [5.41, 5.74) is 5.96. The number of rotatable bonds is 2. The van der Waals surface area contributed by atoms with Gasteiger partial charge in [-0.3, -0.25) is 0 Å². The van der Waals surface area contributed by atoms with E-state index in [-0.39, 0.29) is 34.7 Å². The van der Waals surface area contributed by atoms with Crippen molar-refractivity contribution in [2.24, 2.45) is 11.7 Å². The van der Waals surface area contributed by atoms with Gasteiger partial charge < -0.3 is 10.8 Å². The molecule has 0 unspecified atom stereocenters. The number of hydrogen-bond donors (Lipinski definition) is 2. The number of phenolic OH excluding ortho intramolecular Hbond substituents is 1.